The molecule has 0 spiro atoms. The van der Waals surface area contributed by atoms with Crippen molar-refractivity contribution in [1.29, 1.82) is 0 Å². The highest BCUT2D eigenvalue weighted by Gasteiger charge is 2.20. The zero-order chi connectivity index (χ0) is 10.2. The average molecular weight is 202 g/mol. The topological polar surface area (TPSA) is 9.23 Å². The molecule has 0 amide bonds. The molecule has 80 valence electrons. The first-order chi connectivity index (χ1) is 6.18. The lowest BCUT2D eigenvalue weighted by molar-refractivity contribution is 0.0752. The Balaban J connectivity index is 3.67. The van der Waals surface area contributed by atoms with Crippen molar-refractivity contribution >= 4 is 10.5 Å². The van der Waals surface area contributed by atoms with Gasteiger partial charge in [0, 0.05) is 0 Å². The molecule has 13 heavy (non-hydrogen) atoms. The van der Waals surface area contributed by atoms with E-state index in [4.69, 9.17) is 4.43 Å². The molecule has 0 radical (unpaired) electrons. The van der Waals surface area contributed by atoms with Gasteiger partial charge < -0.3 is 4.43 Å². The lowest BCUT2D eigenvalue weighted by Crippen LogP contribution is -2.27. The van der Waals surface area contributed by atoms with Gasteiger partial charge in [0.15, 0.2) is 0 Å². The molecule has 0 heterocycles. The van der Waals surface area contributed by atoms with E-state index in [0.717, 1.165) is 10.5 Å². The maximum atomic E-state index is 5.73. The van der Waals surface area contributed by atoms with Crippen LogP contribution in [0.5, 0.6) is 0 Å². The third-order valence-electron chi connectivity index (χ3n) is 2.86. The molecule has 1 unspecified atom stereocenters. The molecule has 2 heteroatoms. The highest BCUT2D eigenvalue weighted by molar-refractivity contribution is 5.98. The summed E-state index contributed by atoms with van der Waals surface area (Å²) in [6.07, 6.45) is 9.09. The van der Waals surface area contributed by atoms with Crippen LogP contribution in [0.15, 0.2) is 0 Å². The first kappa shape index (κ1) is 13.2. The van der Waals surface area contributed by atoms with Gasteiger partial charge in [0.1, 0.15) is 10.5 Å². The fraction of sp³-hybridized carbons (Fsp3) is 1.00. The largest absolute Gasteiger partial charge is 0.423 e. The zero-order valence-electron chi connectivity index (χ0n) is 9.86. The van der Waals surface area contributed by atoms with Crippen LogP contribution < -0.4 is 0 Å². The normalized spacial score (nSPS) is 15.9. The molecular weight excluding hydrogens is 176 g/mol. The molecule has 1 nitrogen and oxygen atoms in total. The monoisotopic (exact) mass is 202 g/mol. The highest BCUT2D eigenvalue weighted by Crippen LogP contribution is 2.24. The first-order valence-electron chi connectivity index (χ1n) is 5.73. The number of unbranched alkanes of at least 4 members (excludes halogenated alkanes) is 3. The Bertz CT molecular complexity index is 117. The highest BCUT2D eigenvalue weighted by atomic mass is 28.2. The second-order valence-electron chi connectivity index (χ2n) is 4.21. The summed E-state index contributed by atoms with van der Waals surface area (Å²) in [6, 6.07) is 0. The molecule has 0 aromatic rings. The molecule has 0 aliphatic rings. The van der Waals surface area contributed by atoms with Crippen molar-refractivity contribution in [2.75, 3.05) is 0 Å². The molecule has 0 rings (SSSR count). The van der Waals surface area contributed by atoms with Gasteiger partial charge in [-0.3, -0.25) is 0 Å². The van der Waals surface area contributed by atoms with E-state index < -0.39 is 0 Å². The summed E-state index contributed by atoms with van der Waals surface area (Å²) in [5, 5.41) is 0. The van der Waals surface area contributed by atoms with Crippen molar-refractivity contribution in [2.24, 2.45) is 0 Å². The van der Waals surface area contributed by atoms with Crippen molar-refractivity contribution in [2.45, 2.75) is 71.3 Å². The van der Waals surface area contributed by atoms with Crippen LogP contribution >= 0.6 is 0 Å². The third kappa shape index (κ3) is 6.27. The number of rotatable bonds is 8. The van der Waals surface area contributed by atoms with Gasteiger partial charge in [-0.2, -0.15) is 0 Å². The molecule has 0 saturated heterocycles. The fourth-order valence-corrected chi connectivity index (χ4v) is 2.04. The van der Waals surface area contributed by atoms with E-state index in [9.17, 15) is 0 Å². The van der Waals surface area contributed by atoms with E-state index in [0.29, 0.717) is 0 Å². The molecule has 1 atom stereocenters. The Morgan fingerprint density at radius 2 is 1.54 bits per heavy atom. The van der Waals surface area contributed by atoms with Gasteiger partial charge in [0.2, 0.25) is 0 Å². The van der Waals surface area contributed by atoms with Crippen LogP contribution in [-0.2, 0) is 4.43 Å². The SMILES string of the molecule is CCCCCC(C)(CCCC)O[SiH3]. The number of hydrogen-bond acceptors (Lipinski definition) is 1. The van der Waals surface area contributed by atoms with Gasteiger partial charge >= 0.3 is 0 Å². The fourth-order valence-electron chi connectivity index (χ4n) is 1.63. The van der Waals surface area contributed by atoms with Gasteiger partial charge in [-0.15, -0.1) is 0 Å². The maximum absolute atomic E-state index is 5.73. The number of hydrogen-bond donors (Lipinski definition) is 0. The summed E-state index contributed by atoms with van der Waals surface area (Å²) in [6.45, 7) is 6.79. The minimum Gasteiger partial charge on any atom is -0.423 e. The first-order valence-corrected chi connectivity index (χ1v) is 6.55. The Morgan fingerprint density at radius 3 is 2.00 bits per heavy atom. The predicted molar refractivity (Wildman–Crippen MR) is 63.1 cm³/mol. The van der Waals surface area contributed by atoms with Gasteiger partial charge in [-0.1, -0.05) is 46.0 Å². The van der Waals surface area contributed by atoms with E-state index in [-0.39, 0.29) is 5.60 Å². The molecule has 0 bridgehead atoms. The van der Waals surface area contributed by atoms with Crippen LogP contribution in [0.25, 0.3) is 0 Å². The van der Waals surface area contributed by atoms with E-state index in [2.05, 4.69) is 20.8 Å². The van der Waals surface area contributed by atoms with Crippen molar-refractivity contribution in [3.8, 4) is 0 Å². The van der Waals surface area contributed by atoms with Crippen LogP contribution in [0, 0.1) is 0 Å². The van der Waals surface area contributed by atoms with Gasteiger partial charge in [-0.05, 0) is 19.8 Å². The standard InChI is InChI=1S/C11H26OSi/c1-4-6-8-10-11(3,12-13)9-7-5-2/h4-10H2,1-3,13H3. The summed E-state index contributed by atoms with van der Waals surface area (Å²) in [5.74, 6) is 0. The molecule has 0 aliphatic carbocycles. The Kier molecular flexibility index (Phi) is 7.67. The van der Waals surface area contributed by atoms with Gasteiger partial charge in [-0.25, -0.2) is 0 Å². The molecule has 0 aromatic heterocycles. The van der Waals surface area contributed by atoms with Gasteiger partial charge in [0.05, 0.1) is 5.60 Å². The summed E-state index contributed by atoms with van der Waals surface area (Å²) in [5.41, 5.74) is 0.206. The lowest BCUT2D eigenvalue weighted by atomic mass is 9.93. The van der Waals surface area contributed by atoms with E-state index in [1.807, 2.05) is 0 Å². The predicted octanol–water partition coefficient (Wildman–Crippen LogP) is 2.81. The second-order valence-corrected chi connectivity index (χ2v) is 4.62. The van der Waals surface area contributed by atoms with Crippen LogP contribution in [0.4, 0.5) is 0 Å². The lowest BCUT2D eigenvalue weighted by Gasteiger charge is -2.29. The summed E-state index contributed by atoms with van der Waals surface area (Å²) >= 11 is 0. The summed E-state index contributed by atoms with van der Waals surface area (Å²) in [7, 11) is 0.882. The quantitative estimate of drug-likeness (QED) is 0.434. The second kappa shape index (κ2) is 7.57. The zero-order valence-corrected chi connectivity index (χ0v) is 11.9. The maximum Gasteiger partial charge on any atom is 0.146 e. The van der Waals surface area contributed by atoms with Gasteiger partial charge in [0.25, 0.3) is 0 Å². The molecule has 0 saturated carbocycles. The molecule has 0 fully saturated rings. The van der Waals surface area contributed by atoms with Crippen molar-refractivity contribution in [1.82, 2.24) is 0 Å². The Morgan fingerprint density at radius 1 is 1.00 bits per heavy atom. The van der Waals surface area contributed by atoms with Crippen LogP contribution in [0.1, 0.15) is 65.7 Å². The Labute approximate surface area is 86.8 Å². The average Bonchev–Trinajstić information content (AvgIpc) is 2.15. The molecule has 0 aliphatic heterocycles. The molecular formula is C11H26OSi. The van der Waals surface area contributed by atoms with E-state index in [1.165, 1.54) is 44.9 Å². The van der Waals surface area contributed by atoms with Crippen molar-refractivity contribution in [3.05, 3.63) is 0 Å². The van der Waals surface area contributed by atoms with E-state index >= 15 is 0 Å². The van der Waals surface area contributed by atoms with Crippen molar-refractivity contribution < 1.29 is 4.43 Å². The van der Waals surface area contributed by atoms with Crippen LogP contribution in [-0.4, -0.2) is 16.1 Å². The van der Waals surface area contributed by atoms with Crippen LogP contribution in [0.2, 0.25) is 0 Å². The Hall–Kier alpha value is 0.177. The summed E-state index contributed by atoms with van der Waals surface area (Å²) < 4.78 is 5.73. The third-order valence-corrected chi connectivity index (χ3v) is 3.85. The minimum atomic E-state index is 0.206. The smallest absolute Gasteiger partial charge is 0.146 e. The van der Waals surface area contributed by atoms with Crippen molar-refractivity contribution in [3.63, 3.8) is 0 Å². The summed E-state index contributed by atoms with van der Waals surface area (Å²) in [4.78, 5) is 0. The molecule has 0 N–H and O–H groups in total. The van der Waals surface area contributed by atoms with Crippen LogP contribution in [0.3, 0.4) is 0 Å². The van der Waals surface area contributed by atoms with E-state index in [1.54, 1.807) is 0 Å². The minimum absolute atomic E-state index is 0.206. The molecule has 0 aromatic carbocycles.